The van der Waals surface area contributed by atoms with E-state index in [0.29, 0.717) is 5.69 Å². The molecule has 4 heteroatoms. The molecule has 0 saturated heterocycles. The number of nitrogens with zero attached hydrogens (tertiary/aromatic N) is 1. The number of hydrogen-bond acceptors (Lipinski definition) is 3. The van der Waals surface area contributed by atoms with Crippen LogP contribution in [0.4, 0.5) is 0 Å². The molecule has 0 aliphatic carbocycles. The van der Waals surface area contributed by atoms with E-state index < -0.39 is 0 Å². The molecule has 1 aromatic heterocycles. The van der Waals surface area contributed by atoms with Crippen molar-refractivity contribution in [3.8, 4) is 0 Å². The third kappa shape index (κ3) is 1.67. The first-order valence-electron chi connectivity index (χ1n) is 3.42. The van der Waals surface area contributed by atoms with Crippen LogP contribution in [0, 0.1) is 5.41 Å². The maximum absolute atomic E-state index is 7.28. The van der Waals surface area contributed by atoms with Crippen molar-refractivity contribution in [3.05, 3.63) is 36.2 Å². The first-order chi connectivity index (χ1) is 5.77. The first kappa shape index (κ1) is 8.42. The van der Waals surface area contributed by atoms with Crippen LogP contribution in [-0.2, 0) is 0 Å². The van der Waals surface area contributed by atoms with Gasteiger partial charge in [0.05, 0.1) is 0 Å². The quantitative estimate of drug-likeness (QED) is 0.257. The molecule has 0 saturated carbocycles. The van der Waals surface area contributed by atoms with Gasteiger partial charge in [0.1, 0.15) is 5.69 Å². The average molecular weight is 162 g/mol. The van der Waals surface area contributed by atoms with Gasteiger partial charge in [0.25, 0.3) is 0 Å². The van der Waals surface area contributed by atoms with E-state index in [0.717, 1.165) is 5.56 Å². The van der Waals surface area contributed by atoms with Crippen molar-refractivity contribution in [2.45, 2.75) is 0 Å². The third-order valence-electron chi connectivity index (χ3n) is 1.42. The van der Waals surface area contributed by atoms with Crippen LogP contribution in [0.5, 0.6) is 0 Å². The molecule has 0 aromatic carbocycles. The molecule has 0 aliphatic rings. The van der Waals surface area contributed by atoms with E-state index in [1.807, 2.05) is 6.07 Å². The Morgan fingerprint density at radius 3 is 2.83 bits per heavy atom. The minimum absolute atomic E-state index is 0.102. The van der Waals surface area contributed by atoms with E-state index >= 15 is 0 Å². The number of aromatic nitrogens is 1. The molecule has 4 N–H and O–H groups in total. The van der Waals surface area contributed by atoms with Crippen LogP contribution < -0.4 is 11.3 Å². The van der Waals surface area contributed by atoms with Crippen molar-refractivity contribution >= 4 is 11.9 Å². The van der Waals surface area contributed by atoms with Crippen molar-refractivity contribution in [3.63, 3.8) is 0 Å². The van der Waals surface area contributed by atoms with Gasteiger partial charge in [-0.1, -0.05) is 18.7 Å². The van der Waals surface area contributed by atoms with Gasteiger partial charge in [0.15, 0.2) is 5.84 Å². The lowest BCUT2D eigenvalue weighted by atomic mass is 10.2. The topological polar surface area (TPSA) is 74.8 Å². The number of rotatable bonds is 2. The Kier molecular flexibility index (Phi) is 2.55. The van der Waals surface area contributed by atoms with Gasteiger partial charge >= 0.3 is 0 Å². The summed E-state index contributed by atoms with van der Waals surface area (Å²) < 4.78 is 0. The second-order valence-corrected chi connectivity index (χ2v) is 2.20. The summed E-state index contributed by atoms with van der Waals surface area (Å²) in [6.07, 6.45) is 3.32. The number of pyridine rings is 1. The fraction of sp³-hybridized carbons (Fsp3) is 0. The zero-order valence-electron chi connectivity index (χ0n) is 6.54. The standard InChI is InChI=1S/C8H10N4/c1-2-6-3-4-7(11-5-6)8(9)12-10/h2-5H,1,10H2,(H2,9,12). The first-order valence-corrected chi connectivity index (χ1v) is 3.42. The molecule has 0 unspecified atom stereocenters. The molecule has 1 rings (SSSR count). The predicted molar refractivity (Wildman–Crippen MR) is 48.5 cm³/mol. The SMILES string of the molecule is C=Cc1ccc(C(=N)NN)nc1. The normalized spacial score (nSPS) is 9.08. The molecule has 0 bridgehead atoms. The molecule has 12 heavy (non-hydrogen) atoms. The molecule has 0 aliphatic heterocycles. The summed E-state index contributed by atoms with van der Waals surface area (Å²) in [6, 6.07) is 3.53. The molecule has 1 heterocycles. The molecule has 4 nitrogen and oxygen atoms in total. The van der Waals surface area contributed by atoms with Crippen LogP contribution in [0.3, 0.4) is 0 Å². The summed E-state index contributed by atoms with van der Waals surface area (Å²) in [4.78, 5) is 3.98. The summed E-state index contributed by atoms with van der Waals surface area (Å²) in [5.74, 6) is 5.14. The van der Waals surface area contributed by atoms with E-state index in [-0.39, 0.29) is 5.84 Å². The van der Waals surface area contributed by atoms with Crippen LogP contribution in [-0.4, -0.2) is 10.8 Å². The summed E-state index contributed by atoms with van der Waals surface area (Å²) >= 11 is 0. The van der Waals surface area contributed by atoms with Crippen LogP contribution in [0.15, 0.2) is 24.9 Å². The fourth-order valence-electron chi connectivity index (χ4n) is 0.748. The van der Waals surface area contributed by atoms with Gasteiger partial charge in [-0.2, -0.15) is 0 Å². The largest absolute Gasteiger partial charge is 0.307 e. The van der Waals surface area contributed by atoms with Gasteiger partial charge < -0.3 is 5.43 Å². The number of hydrazine groups is 1. The van der Waals surface area contributed by atoms with Gasteiger partial charge in [-0.25, -0.2) is 5.84 Å². The predicted octanol–water partition coefficient (Wildman–Crippen LogP) is 0.513. The molecule has 0 fully saturated rings. The Balaban J connectivity index is 2.91. The number of amidine groups is 1. The van der Waals surface area contributed by atoms with Gasteiger partial charge in [-0.15, -0.1) is 0 Å². The van der Waals surface area contributed by atoms with Crippen LogP contribution in [0.2, 0.25) is 0 Å². The number of hydrogen-bond donors (Lipinski definition) is 3. The van der Waals surface area contributed by atoms with Crippen molar-refractivity contribution < 1.29 is 0 Å². The van der Waals surface area contributed by atoms with E-state index in [9.17, 15) is 0 Å². The Labute approximate surface area is 70.6 Å². The zero-order chi connectivity index (χ0) is 8.97. The van der Waals surface area contributed by atoms with Crippen molar-refractivity contribution in [2.24, 2.45) is 5.84 Å². The Morgan fingerprint density at radius 2 is 2.42 bits per heavy atom. The van der Waals surface area contributed by atoms with Gasteiger partial charge in [0.2, 0.25) is 0 Å². The van der Waals surface area contributed by atoms with Gasteiger partial charge in [-0.05, 0) is 11.6 Å². The van der Waals surface area contributed by atoms with Crippen LogP contribution >= 0.6 is 0 Å². The highest BCUT2D eigenvalue weighted by molar-refractivity contribution is 5.94. The number of nitrogens with one attached hydrogen (secondary N) is 2. The Bertz CT molecular complexity index is 288. The minimum atomic E-state index is 0.102. The van der Waals surface area contributed by atoms with Gasteiger partial charge in [0, 0.05) is 6.20 Å². The molecular formula is C8H10N4. The Hall–Kier alpha value is -1.68. The average Bonchev–Trinajstić information content (AvgIpc) is 2.17. The lowest BCUT2D eigenvalue weighted by Crippen LogP contribution is -2.30. The summed E-state index contributed by atoms with van der Waals surface area (Å²) in [6.45, 7) is 3.59. The lowest BCUT2D eigenvalue weighted by Gasteiger charge is -2.00. The van der Waals surface area contributed by atoms with E-state index in [1.165, 1.54) is 0 Å². The van der Waals surface area contributed by atoms with Gasteiger partial charge in [-0.3, -0.25) is 10.4 Å². The molecule has 0 atom stereocenters. The Morgan fingerprint density at radius 1 is 1.67 bits per heavy atom. The molecular weight excluding hydrogens is 152 g/mol. The molecule has 0 amide bonds. The summed E-state index contributed by atoms with van der Waals surface area (Å²) in [5, 5.41) is 7.28. The fourth-order valence-corrected chi connectivity index (χ4v) is 0.748. The van der Waals surface area contributed by atoms with Crippen molar-refractivity contribution in [1.82, 2.24) is 10.4 Å². The monoisotopic (exact) mass is 162 g/mol. The minimum Gasteiger partial charge on any atom is -0.307 e. The maximum Gasteiger partial charge on any atom is 0.158 e. The molecule has 0 radical (unpaired) electrons. The highest BCUT2D eigenvalue weighted by atomic mass is 15.2. The van der Waals surface area contributed by atoms with Crippen molar-refractivity contribution in [1.29, 1.82) is 5.41 Å². The van der Waals surface area contributed by atoms with E-state index in [1.54, 1.807) is 18.3 Å². The second kappa shape index (κ2) is 3.64. The maximum atomic E-state index is 7.28. The lowest BCUT2D eigenvalue weighted by molar-refractivity contribution is 1.000. The van der Waals surface area contributed by atoms with E-state index in [2.05, 4.69) is 17.0 Å². The smallest absolute Gasteiger partial charge is 0.158 e. The second-order valence-electron chi connectivity index (χ2n) is 2.20. The molecule has 0 spiro atoms. The summed E-state index contributed by atoms with van der Waals surface area (Å²) in [7, 11) is 0. The van der Waals surface area contributed by atoms with Crippen molar-refractivity contribution in [2.75, 3.05) is 0 Å². The highest BCUT2D eigenvalue weighted by Crippen LogP contribution is 2.00. The third-order valence-corrected chi connectivity index (χ3v) is 1.42. The van der Waals surface area contributed by atoms with Crippen LogP contribution in [0.25, 0.3) is 6.08 Å². The molecule has 62 valence electrons. The highest BCUT2D eigenvalue weighted by Gasteiger charge is 1.98. The number of nitrogens with two attached hydrogens (primary N) is 1. The molecule has 1 aromatic rings. The summed E-state index contributed by atoms with van der Waals surface area (Å²) in [5.41, 5.74) is 3.65. The van der Waals surface area contributed by atoms with E-state index in [4.69, 9.17) is 11.3 Å². The zero-order valence-corrected chi connectivity index (χ0v) is 6.54. The van der Waals surface area contributed by atoms with Crippen LogP contribution in [0.1, 0.15) is 11.3 Å².